The monoisotopic (exact) mass is 383 g/mol. The highest BCUT2D eigenvalue weighted by atomic mass is 16.5. The maximum atomic E-state index is 13.2. The molecule has 0 unspecified atom stereocenters. The number of hydrogen-bond donors (Lipinski definition) is 1. The Morgan fingerprint density at radius 1 is 1.11 bits per heavy atom. The molecule has 4 bridgehead atoms. The van der Waals surface area contributed by atoms with Crippen LogP contribution in [0.5, 0.6) is 0 Å². The second-order valence-corrected chi connectivity index (χ2v) is 9.25. The lowest BCUT2D eigenvalue weighted by Crippen LogP contribution is -2.53. The summed E-state index contributed by atoms with van der Waals surface area (Å²) in [6.45, 7) is 3.36. The van der Waals surface area contributed by atoms with Crippen LogP contribution in [0.15, 0.2) is 24.3 Å². The van der Waals surface area contributed by atoms with Crippen LogP contribution in [0.3, 0.4) is 0 Å². The summed E-state index contributed by atoms with van der Waals surface area (Å²) in [5, 5.41) is 2.58. The molecule has 1 atom stereocenters. The lowest BCUT2D eigenvalue weighted by Gasteiger charge is -2.56. The molecule has 5 nitrogen and oxygen atoms in total. The molecule has 0 saturated heterocycles. The third-order valence-electron chi connectivity index (χ3n) is 6.91. The molecular weight excluding hydrogens is 354 g/mol. The fraction of sp³-hybridized carbons (Fsp3) is 0.609. The van der Waals surface area contributed by atoms with Crippen molar-refractivity contribution in [3.8, 4) is 0 Å². The topological polar surface area (TPSA) is 72.5 Å². The third kappa shape index (κ3) is 3.71. The van der Waals surface area contributed by atoms with E-state index in [1.807, 2.05) is 13.0 Å². The largest absolute Gasteiger partial charge is 0.453 e. The van der Waals surface area contributed by atoms with Gasteiger partial charge in [-0.15, -0.1) is 0 Å². The van der Waals surface area contributed by atoms with Crippen molar-refractivity contribution in [2.24, 2.45) is 23.2 Å². The van der Waals surface area contributed by atoms with Gasteiger partial charge in [-0.1, -0.05) is 17.7 Å². The van der Waals surface area contributed by atoms with Crippen LogP contribution in [0.2, 0.25) is 0 Å². The van der Waals surface area contributed by atoms with Gasteiger partial charge in [-0.3, -0.25) is 14.4 Å². The van der Waals surface area contributed by atoms with Crippen molar-refractivity contribution in [2.45, 2.75) is 58.5 Å². The lowest BCUT2D eigenvalue weighted by atomic mass is 9.48. The molecule has 0 heterocycles. The van der Waals surface area contributed by atoms with E-state index in [1.165, 1.54) is 19.3 Å². The number of aryl methyl sites for hydroxylation is 1. The molecule has 1 amide bonds. The second-order valence-electron chi connectivity index (χ2n) is 9.25. The number of ether oxygens (including phenoxy) is 1. The van der Waals surface area contributed by atoms with Crippen molar-refractivity contribution in [1.82, 2.24) is 5.32 Å². The van der Waals surface area contributed by atoms with Crippen molar-refractivity contribution in [3.63, 3.8) is 0 Å². The van der Waals surface area contributed by atoms with Crippen LogP contribution in [0.1, 0.15) is 61.4 Å². The van der Waals surface area contributed by atoms with Gasteiger partial charge in [0.25, 0.3) is 5.91 Å². The molecule has 4 aliphatic rings. The molecule has 4 saturated carbocycles. The first kappa shape index (κ1) is 19.2. The molecule has 0 radical (unpaired) electrons. The van der Waals surface area contributed by atoms with Crippen molar-refractivity contribution < 1.29 is 19.1 Å². The van der Waals surface area contributed by atoms with Gasteiger partial charge in [0.1, 0.15) is 6.54 Å². The summed E-state index contributed by atoms with van der Waals surface area (Å²) in [4.78, 5) is 37.5. The first-order valence-electron chi connectivity index (χ1n) is 10.4. The highest BCUT2D eigenvalue weighted by molar-refractivity contribution is 5.96. The van der Waals surface area contributed by atoms with Gasteiger partial charge in [0, 0.05) is 11.0 Å². The first-order chi connectivity index (χ1) is 13.3. The Balaban J connectivity index is 1.31. The van der Waals surface area contributed by atoms with Crippen LogP contribution in [0.4, 0.5) is 0 Å². The number of rotatable bonds is 6. The smallest absolute Gasteiger partial charge is 0.326 e. The number of hydrogen-bond acceptors (Lipinski definition) is 4. The van der Waals surface area contributed by atoms with Gasteiger partial charge < -0.3 is 10.1 Å². The third-order valence-corrected chi connectivity index (χ3v) is 6.91. The van der Waals surface area contributed by atoms with Gasteiger partial charge in [-0.2, -0.15) is 0 Å². The van der Waals surface area contributed by atoms with Crippen LogP contribution < -0.4 is 5.32 Å². The standard InChI is InChI=1S/C23H29NO4/c1-14-4-3-5-19(6-14)22(27)24-13-20(25)28-15(2)21(26)23-10-16-7-17(11-23)9-18(8-16)12-23/h3-6,15-18H,7-13H2,1-2H3,(H,24,27)/t15-,16?,17?,18?,23?/m0/s1. The Morgan fingerprint density at radius 2 is 1.71 bits per heavy atom. The van der Waals surface area contributed by atoms with Crippen LogP contribution in [0, 0.1) is 30.1 Å². The summed E-state index contributed by atoms with van der Waals surface area (Å²) >= 11 is 0. The molecule has 1 aromatic rings. The molecule has 0 spiro atoms. The summed E-state index contributed by atoms with van der Waals surface area (Å²) in [7, 11) is 0. The van der Waals surface area contributed by atoms with Gasteiger partial charge in [-0.05, 0) is 82.3 Å². The maximum absolute atomic E-state index is 13.2. The van der Waals surface area contributed by atoms with Crippen molar-refractivity contribution >= 4 is 17.7 Å². The summed E-state index contributed by atoms with van der Waals surface area (Å²) in [6, 6.07) is 7.17. The van der Waals surface area contributed by atoms with Crippen molar-refractivity contribution in [3.05, 3.63) is 35.4 Å². The Kier molecular flexibility index (Phi) is 5.02. The van der Waals surface area contributed by atoms with E-state index in [0.717, 1.165) is 24.8 Å². The number of amides is 1. The SMILES string of the molecule is Cc1cccc(C(=O)NCC(=O)O[C@@H](C)C(=O)C23CC4CC(CC(C4)C2)C3)c1. The Bertz CT molecular complexity index is 764. The maximum Gasteiger partial charge on any atom is 0.326 e. The van der Waals surface area contributed by atoms with E-state index in [4.69, 9.17) is 4.74 Å². The Morgan fingerprint density at radius 3 is 2.29 bits per heavy atom. The number of benzene rings is 1. The molecule has 4 fully saturated rings. The van der Waals surface area contributed by atoms with E-state index in [2.05, 4.69) is 5.32 Å². The minimum Gasteiger partial charge on any atom is -0.453 e. The highest BCUT2D eigenvalue weighted by Crippen LogP contribution is 2.60. The molecule has 0 aliphatic heterocycles. The normalized spacial score (nSPS) is 31.3. The highest BCUT2D eigenvalue weighted by Gasteiger charge is 2.55. The lowest BCUT2D eigenvalue weighted by molar-refractivity contribution is -0.164. The van der Waals surface area contributed by atoms with Crippen LogP contribution in [0.25, 0.3) is 0 Å². The van der Waals surface area contributed by atoms with Gasteiger partial charge in [0.2, 0.25) is 0 Å². The fourth-order valence-electron chi connectivity index (χ4n) is 6.18. The fourth-order valence-corrected chi connectivity index (χ4v) is 6.18. The number of carbonyl (C=O) groups excluding carboxylic acids is 3. The minimum absolute atomic E-state index is 0.0879. The van der Waals surface area contributed by atoms with Gasteiger partial charge in [0.15, 0.2) is 11.9 Å². The van der Waals surface area contributed by atoms with Gasteiger partial charge >= 0.3 is 5.97 Å². The Hall–Kier alpha value is -2.17. The molecule has 4 aliphatic carbocycles. The van der Waals surface area contributed by atoms with Gasteiger partial charge in [0.05, 0.1) is 0 Å². The number of esters is 1. The number of nitrogens with one attached hydrogen (secondary N) is 1. The first-order valence-corrected chi connectivity index (χ1v) is 10.4. The minimum atomic E-state index is -0.750. The Labute approximate surface area is 166 Å². The summed E-state index contributed by atoms with van der Waals surface area (Å²) in [5.41, 5.74) is 1.20. The zero-order valence-corrected chi connectivity index (χ0v) is 16.7. The molecule has 0 aromatic heterocycles. The summed E-state index contributed by atoms with van der Waals surface area (Å²) in [5.74, 6) is 1.22. The van der Waals surface area contributed by atoms with E-state index in [0.29, 0.717) is 23.3 Å². The second kappa shape index (κ2) is 7.34. The zero-order chi connectivity index (χ0) is 19.9. The molecule has 28 heavy (non-hydrogen) atoms. The number of carbonyl (C=O) groups is 3. The molecule has 1 aromatic carbocycles. The van der Waals surface area contributed by atoms with E-state index < -0.39 is 12.1 Å². The molecular formula is C23H29NO4. The number of ketones is 1. The molecule has 1 N–H and O–H groups in total. The average molecular weight is 383 g/mol. The van der Waals surface area contributed by atoms with E-state index >= 15 is 0 Å². The molecule has 5 heteroatoms. The summed E-state index contributed by atoms with van der Waals surface area (Å²) < 4.78 is 5.41. The average Bonchev–Trinajstić information content (AvgIpc) is 2.64. The zero-order valence-electron chi connectivity index (χ0n) is 16.7. The predicted molar refractivity (Wildman–Crippen MR) is 105 cm³/mol. The molecule has 150 valence electrons. The quantitative estimate of drug-likeness (QED) is 0.764. The van der Waals surface area contributed by atoms with Crippen molar-refractivity contribution in [2.75, 3.05) is 6.54 Å². The van der Waals surface area contributed by atoms with Gasteiger partial charge in [-0.25, -0.2) is 0 Å². The van der Waals surface area contributed by atoms with E-state index in [1.54, 1.807) is 25.1 Å². The van der Waals surface area contributed by atoms with Crippen LogP contribution in [-0.4, -0.2) is 30.3 Å². The van der Waals surface area contributed by atoms with Crippen LogP contribution >= 0.6 is 0 Å². The van der Waals surface area contributed by atoms with E-state index in [9.17, 15) is 14.4 Å². The number of Topliss-reactive ketones (excluding diaryl/α,β-unsaturated/α-hetero) is 1. The van der Waals surface area contributed by atoms with E-state index in [-0.39, 0.29) is 23.7 Å². The molecule has 5 rings (SSSR count). The summed E-state index contributed by atoms with van der Waals surface area (Å²) in [6.07, 6.45) is 5.94. The van der Waals surface area contributed by atoms with Crippen LogP contribution in [-0.2, 0) is 14.3 Å². The van der Waals surface area contributed by atoms with Crippen molar-refractivity contribution in [1.29, 1.82) is 0 Å². The predicted octanol–water partition coefficient (Wildman–Crippen LogP) is 3.44.